The Labute approximate surface area is 155 Å². The molecule has 0 bridgehead atoms. The van der Waals surface area contributed by atoms with Gasteiger partial charge in [0.05, 0.1) is 4.90 Å². The second kappa shape index (κ2) is 12.5. The van der Waals surface area contributed by atoms with Gasteiger partial charge in [0, 0.05) is 6.54 Å². The molecule has 0 aliphatic heterocycles. The highest BCUT2D eigenvalue weighted by molar-refractivity contribution is 7.98. The normalized spacial score (nSPS) is 12.2. The predicted molar refractivity (Wildman–Crippen MR) is 102 cm³/mol. The van der Waals surface area contributed by atoms with Crippen LogP contribution in [0.25, 0.3) is 0 Å². The Balaban J connectivity index is 0.00000529. The molecule has 0 aromatic heterocycles. The highest BCUT2D eigenvalue weighted by Crippen LogP contribution is 2.10. The first kappa shape index (κ1) is 23.2. The second-order valence-corrected chi connectivity index (χ2v) is 7.72. The zero-order chi connectivity index (χ0) is 17.1. The lowest BCUT2D eigenvalue weighted by Crippen LogP contribution is -2.47. The van der Waals surface area contributed by atoms with E-state index in [1.807, 2.05) is 13.3 Å². The Bertz CT molecular complexity index is 571. The maximum atomic E-state index is 12.4. The minimum absolute atomic E-state index is 0. The molecule has 0 saturated carbocycles. The molecule has 0 spiro atoms. The summed E-state index contributed by atoms with van der Waals surface area (Å²) in [5, 5.41) is 5.78. The van der Waals surface area contributed by atoms with E-state index in [9.17, 15) is 13.2 Å². The predicted octanol–water partition coefficient (Wildman–Crippen LogP) is 1.23. The molecule has 1 aromatic carbocycles. The summed E-state index contributed by atoms with van der Waals surface area (Å²) in [5.41, 5.74) is 0. The van der Waals surface area contributed by atoms with Crippen molar-refractivity contribution in [3.63, 3.8) is 0 Å². The maximum absolute atomic E-state index is 12.4. The van der Waals surface area contributed by atoms with E-state index in [0.29, 0.717) is 18.7 Å². The average Bonchev–Trinajstić information content (AvgIpc) is 2.56. The van der Waals surface area contributed by atoms with E-state index >= 15 is 0 Å². The summed E-state index contributed by atoms with van der Waals surface area (Å²) in [4.78, 5) is 12.4. The minimum atomic E-state index is -3.70. The number of hydrogen-bond donors (Lipinski definition) is 3. The summed E-state index contributed by atoms with van der Waals surface area (Å²) in [7, 11) is -1.86. The fourth-order valence-corrected chi connectivity index (χ4v) is 3.66. The summed E-state index contributed by atoms with van der Waals surface area (Å²) in [6.45, 7) is 1.31. The fraction of sp³-hybridized carbons (Fsp3) is 0.533. The van der Waals surface area contributed by atoms with Crippen molar-refractivity contribution in [2.45, 2.75) is 23.8 Å². The Kier molecular flexibility index (Phi) is 12.1. The van der Waals surface area contributed by atoms with E-state index in [1.54, 1.807) is 30.0 Å². The summed E-state index contributed by atoms with van der Waals surface area (Å²) >= 11 is 1.58. The van der Waals surface area contributed by atoms with Crippen molar-refractivity contribution in [2.75, 3.05) is 32.1 Å². The van der Waals surface area contributed by atoms with Gasteiger partial charge < -0.3 is 10.6 Å². The topological polar surface area (TPSA) is 87.3 Å². The van der Waals surface area contributed by atoms with Crippen molar-refractivity contribution in [1.82, 2.24) is 15.4 Å². The van der Waals surface area contributed by atoms with Gasteiger partial charge in [0.1, 0.15) is 6.04 Å². The molecule has 0 radical (unpaired) electrons. The quantitative estimate of drug-likeness (QED) is 0.490. The van der Waals surface area contributed by atoms with Crippen LogP contribution in [0.1, 0.15) is 12.8 Å². The molecule has 6 nitrogen and oxygen atoms in total. The summed E-state index contributed by atoms with van der Waals surface area (Å²) in [6, 6.07) is 7.32. The molecular formula is C15H26ClN3O3S2. The van der Waals surface area contributed by atoms with Crippen molar-refractivity contribution in [2.24, 2.45) is 0 Å². The smallest absolute Gasteiger partial charge is 0.241 e. The molecule has 0 aliphatic carbocycles. The zero-order valence-electron chi connectivity index (χ0n) is 13.9. The molecule has 3 N–H and O–H groups in total. The van der Waals surface area contributed by atoms with E-state index in [0.717, 1.165) is 13.0 Å². The third-order valence-corrected chi connectivity index (χ3v) is 5.31. The number of carbonyl (C=O) groups is 1. The monoisotopic (exact) mass is 395 g/mol. The van der Waals surface area contributed by atoms with Crippen molar-refractivity contribution < 1.29 is 13.2 Å². The molecule has 9 heteroatoms. The van der Waals surface area contributed by atoms with Gasteiger partial charge in [-0.1, -0.05) is 18.2 Å². The number of thioether (sulfide) groups is 1. The average molecular weight is 396 g/mol. The molecular weight excluding hydrogens is 370 g/mol. The van der Waals surface area contributed by atoms with Gasteiger partial charge in [-0.25, -0.2) is 8.42 Å². The van der Waals surface area contributed by atoms with Crippen LogP contribution in [0.4, 0.5) is 0 Å². The first-order valence-electron chi connectivity index (χ1n) is 7.50. The van der Waals surface area contributed by atoms with Gasteiger partial charge in [0.2, 0.25) is 15.9 Å². The van der Waals surface area contributed by atoms with Crippen molar-refractivity contribution in [1.29, 1.82) is 0 Å². The van der Waals surface area contributed by atoms with Gasteiger partial charge in [0.15, 0.2) is 0 Å². The van der Waals surface area contributed by atoms with Crippen LogP contribution in [0.5, 0.6) is 0 Å². The van der Waals surface area contributed by atoms with Gasteiger partial charge in [0.25, 0.3) is 0 Å². The zero-order valence-corrected chi connectivity index (χ0v) is 16.4. The molecule has 1 amide bonds. The van der Waals surface area contributed by atoms with E-state index in [1.165, 1.54) is 12.1 Å². The molecule has 1 aromatic rings. The van der Waals surface area contributed by atoms with Crippen molar-refractivity contribution in [3.05, 3.63) is 30.3 Å². The minimum Gasteiger partial charge on any atom is -0.355 e. The van der Waals surface area contributed by atoms with Crippen LogP contribution in [-0.4, -0.2) is 52.5 Å². The van der Waals surface area contributed by atoms with Crippen LogP contribution in [0.15, 0.2) is 35.2 Å². The lowest BCUT2D eigenvalue weighted by molar-refractivity contribution is -0.122. The summed E-state index contributed by atoms with van der Waals surface area (Å²) in [6.07, 6.45) is 3.17. The number of sulfonamides is 1. The first-order chi connectivity index (χ1) is 11.0. The van der Waals surface area contributed by atoms with Crippen molar-refractivity contribution >= 4 is 40.1 Å². The molecule has 1 atom stereocenters. The van der Waals surface area contributed by atoms with Crippen LogP contribution < -0.4 is 15.4 Å². The first-order valence-corrected chi connectivity index (χ1v) is 10.4. The van der Waals surface area contributed by atoms with Crippen LogP contribution in [0.2, 0.25) is 0 Å². The third kappa shape index (κ3) is 8.34. The number of carbonyl (C=O) groups excluding carboxylic acids is 1. The summed E-state index contributed by atoms with van der Waals surface area (Å²) < 4.78 is 27.3. The lowest BCUT2D eigenvalue weighted by atomic mass is 10.2. The number of hydrogen-bond acceptors (Lipinski definition) is 5. The van der Waals surface area contributed by atoms with Crippen LogP contribution in [0.3, 0.4) is 0 Å². The third-order valence-electron chi connectivity index (χ3n) is 3.18. The van der Waals surface area contributed by atoms with Crippen LogP contribution in [0, 0.1) is 0 Å². The van der Waals surface area contributed by atoms with Crippen LogP contribution >= 0.6 is 24.2 Å². The standard InChI is InChI=1S/C15H25N3O3S2.ClH/c1-16-10-6-11-17-15(19)14(9-12-22-2)18-23(20,21)13-7-4-3-5-8-13;/h3-5,7-8,14,16,18H,6,9-12H2,1-2H3,(H,17,19);1H. The fourth-order valence-electron chi connectivity index (χ4n) is 1.93. The number of halogens is 1. The Morgan fingerprint density at radius 3 is 2.46 bits per heavy atom. The van der Waals surface area contributed by atoms with Gasteiger partial charge in [-0.05, 0) is 50.6 Å². The van der Waals surface area contributed by atoms with E-state index in [2.05, 4.69) is 15.4 Å². The molecule has 138 valence electrons. The molecule has 0 heterocycles. The van der Waals surface area contributed by atoms with Crippen molar-refractivity contribution in [3.8, 4) is 0 Å². The molecule has 0 aliphatic rings. The highest BCUT2D eigenvalue weighted by Gasteiger charge is 2.24. The highest BCUT2D eigenvalue weighted by atomic mass is 35.5. The number of nitrogens with one attached hydrogen (secondary N) is 3. The SMILES string of the molecule is CNCCCNC(=O)C(CCSC)NS(=O)(=O)c1ccccc1.Cl. The van der Waals surface area contributed by atoms with E-state index in [4.69, 9.17) is 0 Å². The number of amides is 1. The van der Waals surface area contributed by atoms with E-state index in [-0.39, 0.29) is 23.2 Å². The number of rotatable bonds is 11. The Morgan fingerprint density at radius 1 is 1.21 bits per heavy atom. The molecule has 0 saturated heterocycles. The van der Waals surface area contributed by atoms with Gasteiger partial charge in [-0.15, -0.1) is 12.4 Å². The molecule has 24 heavy (non-hydrogen) atoms. The van der Waals surface area contributed by atoms with E-state index < -0.39 is 16.1 Å². The lowest BCUT2D eigenvalue weighted by Gasteiger charge is -2.18. The molecule has 1 rings (SSSR count). The van der Waals surface area contributed by atoms with Gasteiger partial charge in [-0.2, -0.15) is 16.5 Å². The Hall–Kier alpha value is -0.800. The molecule has 0 fully saturated rings. The maximum Gasteiger partial charge on any atom is 0.241 e. The van der Waals surface area contributed by atoms with Crippen LogP contribution in [-0.2, 0) is 14.8 Å². The molecule has 1 unspecified atom stereocenters. The summed E-state index contributed by atoms with van der Waals surface area (Å²) in [5.74, 6) is 0.418. The second-order valence-electron chi connectivity index (χ2n) is 5.02. The van der Waals surface area contributed by atoms with Gasteiger partial charge in [-0.3, -0.25) is 4.79 Å². The number of benzene rings is 1. The largest absolute Gasteiger partial charge is 0.355 e. The Morgan fingerprint density at radius 2 is 1.88 bits per heavy atom. The van der Waals surface area contributed by atoms with Gasteiger partial charge >= 0.3 is 0 Å².